The van der Waals surface area contributed by atoms with E-state index >= 15 is 0 Å². The molecule has 0 fully saturated rings. The molecule has 0 spiro atoms. The van der Waals surface area contributed by atoms with Gasteiger partial charge in [0.2, 0.25) is 23.7 Å². The second-order valence-electron chi connectivity index (χ2n) is 16.4. The van der Waals surface area contributed by atoms with Gasteiger partial charge in [0, 0.05) is 102 Å². The van der Waals surface area contributed by atoms with Crippen LogP contribution in [0.25, 0.3) is 21.5 Å². The van der Waals surface area contributed by atoms with Crippen LogP contribution in [0.15, 0.2) is 134 Å². The maximum atomic E-state index is 12.6. The fraction of sp³-hybridized carbons (Fsp3) is 0.222. The van der Waals surface area contributed by atoms with Crippen molar-refractivity contribution in [1.82, 2.24) is 35.1 Å². The van der Waals surface area contributed by atoms with Crippen molar-refractivity contribution in [1.29, 1.82) is 0 Å². The van der Waals surface area contributed by atoms with Crippen LogP contribution in [0.1, 0.15) is 33.7 Å². The Morgan fingerprint density at radius 2 is 1.11 bits per heavy atom. The molecule has 0 saturated heterocycles. The third kappa shape index (κ3) is 15.5. The van der Waals surface area contributed by atoms with Crippen molar-refractivity contribution >= 4 is 62.4 Å². The Morgan fingerprint density at radius 1 is 0.625 bits per heavy atom. The monoisotopic (exact) mass is 977 g/mol. The lowest BCUT2D eigenvalue weighted by atomic mass is 10.1. The van der Waals surface area contributed by atoms with Gasteiger partial charge in [0.15, 0.2) is 0 Å². The molecule has 6 aromatic carbocycles. The molecule has 8 aromatic rings. The number of aromatic nitrogens is 4. The van der Waals surface area contributed by atoms with E-state index in [2.05, 4.69) is 47.7 Å². The molecule has 0 saturated carbocycles. The summed E-state index contributed by atoms with van der Waals surface area (Å²) in [5, 5.41) is 22.2. The summed E-state index contributed by atoms with van der Waals surface area (Å²) in [6.45, 7) is 5.07. The third-order valence-electron chi connectivity index (χ3n) is 10.4. The molecule has 72 heavy (non-hydrogen) atoms. The lowest BCUT2D eigenvalue weighted by Crippen LogP contribution is -2.31. The van der Waals surface area contributed by atoms with E-state index in [1.54, 1.807) is 62.0 Å². The number of fused-ring (bicyclic) bond motifs is 2. The van der Waals surface area contributed by atoms with E-state index in [9.17, 15) is 14.7 Å². The van der Waals surface area contributed by atoms with E-state index in [1.807, 2.05) is 99.8 Å². The van der Waals surface area contributed by atoms with Gasteiger partial charge < -0.3 is 61.3 Å². The molecule has 2 heterocycles. The second kappa shape index (κ2) is 26.4. The van der Waals surface area contributed by atoms with Crippen LogP contribution in [0.3, 0.4) is 0 Å². The minimum absolute atomic E-state index is 0. The van der Waals surface area contributed by atoms with Crippen molar-refractivity contribution in [2.45, 2.75) is 14.4 Å². The van der Waals surface area contributed by atoms with Crippen LogP contribution in [-0.4, -0.2) is 115 Å². The number of rotatable bonds is 17. The summed E-state index contributed by atoms with van der Waals surface area (Å²) in [6, 6.07) is 36.4. The first-order chi connectivity index (χ1) is 34.2. The summed E-state index contributed by atoms with van der Waals surface area (Å²) in [5.74, 6) is 2.34. The number of nitrogens with two attached hydrogens (primary N) is 2. The van der Waals surface area contributed by atoms with Crippen molar-refractivity contribution in [2.24, 2.45) is 5.73 Å². The number of aromatic carboxylic acids is 1. The van der Waals surface area contributed by atoms with Crippen LogP contribution in [0, 0.1) is 6.92 Å². The van der Waals surface area contributed by atoms with Crippen LogP contribution < -0.4 is 46.4 Å². The van der Waals surface area contributed by atoms with Crippen molar-refractivity contribution in [3.8, 4) is 34.8 Å². The molecule has 0 aliphatic rings. The zero-order valence-electron chi connectivity index (χ0n) is 40.8. The van der Waals surface area contributed by atoms with E-state index < -0.39 is 5.97 Å². The number of amides is 1. The van der Waals surface area contributed by atoms with Crippen LogP contribution in [0.2, 0.25) is 0 Å². The maximum Gasteiger partial charge on any atom is 0.335 e. The molecule has 18 heteroatoms. The summed E-state index contributed by atoms with van der Waals surface area (Å²) in [6.07, 6.45) is 3.17. The Labute approximate surface area is 420 Å². The maximum absolute atomic E-state index is 12.6. The van der Waals surface area contributed by atoms with Gasteiger partial charge in [0.05, 0.1) is 19.8 Å². The number of anilines is 5. The Balaban J connectivity index is 0.000000239. The van der Waals surface area contributed by atoms with E-state index in [-0.39, 0.29) is 24.8 Å². The number of ether oxygens (including phenoxy) is 4. The highest BCUT2D eigenvalue weighted by Crippen LogP contribution is 2.34. The lowest BCUT2D eigenvalue weighted by molar-refractivity contribution is 0.0696. The highest BCUT2D eigenvalue weighted by atomic mass is 16.5. The molecule has 0 radical (unpaired) electrons. The first-order valence-electron chi connectivity index (χ1n) is 22.4. The Kier molecular flexibility index (Phi) is 19.9. The van der Waals surface area contributed by atoms with Crippen molar-refractivity contribution in [2.75, 3.05) is 85.0 Å². The number of carboxylic acid groups (broad SMARTS) is 1. The van der Waals surface area contributed by atoms with Gasteiger partial charge in [-0.1, -0.05) is 62.0 Å². The zero-order chi connectivity index (χ0) is 50.9. The lowest BCUT2D eigenvalue weighted by Gasteiger charge is -2.13. The summed E-state index contributed by atoms with van der Waals surface area (Å²) in [4.78, 5) is 45.3. The van der Waals surface area contributed by atoms with Crippen LogP contribution in [0.5, 0.6) is 34.8 Å². The number of carboxylic acids is 1. The molecule has 1 amide bonds. The number of likely N-dealkylation sites (N-methyl/N-ethyl adjacent to an activating group) is 2. The Hall–Kier alpha value is -8.58. The van der Waals surface area contributed by atoms with E-state index in [4.69, 9.17) is 30.4 Å². The molecule has 18 nitrogen and oxygen atoms in total. The van der Waals surface area contributed by atoms with E-state index in [0.717, 1.165) is 46.7 Å². The number of methoxy groups -OCH3 is 2. The first-order valence-corrected chi connectivity index (χ1v) is 22.4. The molecular weight excluding hydrogens is 915 g/mol. The zero-order valence-corrected chi connectivity index (χ0v) is 40.8. The van der Waals surface area contributed by atoms with Crippen molar-refractivity contribution < 1.29 is 33.6 Å². The standard InChI is InChI=1S/C26H28N6O3.C23H19N3O4.C4H12N2.CH4/c1-32(2)13-12-28-25(33)17-14-18(16-19(15-17)34-3)30-26-29-11-10-24(31-26)35-23-9-8-22(27)20-6-4-5-7-21(20)23;1-14-7-8-20(19-6-4-3-5-18(14)19)30-21-9-10-24-23(26-21)25-16-11-15(22(27)28)12-17(13-16)29-2;1-6(2)4-3-5;/h4-11,14-16H,12-13,27H2,1-3H3,(H,28,33)(H,29,30,31);3-13H,1-2H3,(H,27,28)(H,24,25,26);3-5H2,1-2H3;1H4. The SMILES string of the molecule is C.CN(C)CCN.COc1cc(Nc2nccc(Oc3ccc(C)c4ccccc34)n2)cc(C(=O)O)c1.COc1cc(Nc2nccc(Oc3ccc(N)c4ccccc34)n2)cc(C(=O)NCCN(C)C)c1. The Morgan fingerprint density at radius 3 is 1.61 bits per heavy atom. The van der Waals surface area contributed by atoms with Gasteiger partial charge in [-0.05, 0) is 88.5 Å². The average molecular weight is 978 g/mol. The number of nitrogens with one attached hydrogen (secondary N) is 3. The molecule has 2 aromatic heterocycles. The Bertz CT molecular complexity index is 3080. The molecule has 0 atom stereocenters. The molecule has 0 bridgehead atoms. The molecule has 0 aliphatic carbocycles. The van der Waals surface area contributed by atoms with E-state index in [0.29, 0.717) is 69.9 Å². The fourth-order valence-corrected chi connectivity index (χ4v) is 6.88. The summed E-state index contributed by atoms with van der Waals surface area (Å²) >= 11 is 0. The third-order valence-corrected chi connectivity index (χ3v) is 10.4. The number of benzene rings is 6. The van der Waals surface area contributed by atoms with Crippen molar-refractivity contribution in [3.63, 3.8) is 0 Å². The molecule has 0 aliphatic heterocycles. The summed E-state index contributed by atoms with van der Waals surface area (Å²) in [7, 11) is 10.9. The number of nitrogens with zero attached hydrogens (tertiary/aromatic N) is 6. The first kappa shape index (κ1) is 54.4. The van der Waals surface area contributed by atoms with Gasteiger partial charge in [-0.25, -0.2) is 14.8 Å². The number of carbonyl (C=O) groups is 2. The van der Waals surface area contributed by atoms with Gasteiger partial charge in [0.25, 0.3) is 5.91 Å². The minimum Gasteiger partial charge on any atom is -0.497 e. The van der Waals surface area contributed by atoms with Gasteiger partial charge in [0.1, 0.15) is 23.0 Å². The topological polar surface area (TPSA) is 237 Å². The van der Waals surface area contributed by atoms with Gasteiger partial charge >= 0.3 is 5.97 Å². The van der Waals surface area contributed by atoms with Crippen LogP contribution >= 0.6 is 0 Å². The number of hydrogen-bond acceptors (Lipinski definition) is 16. The largest absolute Gasteiger partial charge is 0.497 e. The van der Waals surface area contributed by atoms with E-state index in [1.165, 1.54) is 19.2 Å². The molecular formula is C54H63N11O7. The fourth-order valence-electron chi connectivity index (χ4n) is 6.88. The number of aryl methyl sites for hydroxylation is 1. The minimum atomic E-state index is -1.05. The van der Waals surface area contributed by atoms with Crippen LogP contribution in [-0.2, 0) is 0 Å². The highest BCUT2D eigenvalue weighted by molar-refractivity contribution is 5.97. The number of nitrogen functional groups attached to an aromatic ring is 1. The molecule has 8 rings (SSSR count). The average Bonchev–Trinajstić information content (AvgIpc) is 3.36. The molecule has 376 valence electrons. The number of carbonyl (C=O) groups excluding carboxylic acids is 1. The second-order valence-corrected chi connectivity index (χ2v) is 16.4. The molecule has 8 N–H and O–H groups in total. The van der Waals surface area contributed by atoms with Gasteiger partial charge in [-0.3, -0.25) is 4.79 Å². The highest BCUT2D eigenvalue weighted by Gasteiger charge is 2.14. The molecule has 0 unspecified atom stereocenters. The summed E-state index contributed by atoms with van der Waals surface area (Å²) in [5.41, 5.74) is 14.8. The van der Waals surface area contributed by atoms with Crippen LogP contribution in [0.4, 0.5) is 29.0 Å². The summed E-state index contributed by atoms with van der Waals surface area (Å²) < 4.78 is 22.6. The van der Waals surface area contributed by atoms with Gasteiger partial charge in [-0.15, -0.1) is 0 Å². The normalized spacial score (nSPS) is 10.5. The van der Waals surface area contributed by atoms with Gasteiger partial charge in [-0.2, -0.15) is 9.97 Å². The number of hydrogen-bond donors (Lipinski definition) is 6. The van der Waals surface area contributed by atoms with Crippen molar-refractivity contribution in [3.05, 3.63) is 150 Å². The smallest absolute Gasteiger partial charge is 0.335 e. The predicted molar refractivity (Wildman–Crippen MR) is 286 cm³/mol. The quantitative estimate of drug-likeness (QED) is 0.0466. The predicted octanol–water partition coefficient (Wildman–Crippen LogP) is 9.37.